The maximum atomic E-state index is 9.86. The number of carbonyl (C=O) groups is 1. The molecular weight excluding hydrogens is 124 g/mol. The van der Waals surface area contributed by atoms with Gasteiger partial charge in [0.05, 0.1) is 0 Å². The second-order valence-electron chi connectivity index (χ2n) is 1.30. The first-order valence-electron chi connectivity index (χ1n) is 2.16. The summed E-state index contributed by atoms with van der Waals surface area (Å²) >= 11 is 0. The molecule has 0 aromatic carbocycles. The van der Waals surface area contributed by atoms with Crippen LogP contribution < -0.4 is 17.1 Å². The summed E-state index contributed by atoms with van der Waals surface area (Å²) in [5.41, 5.74) is 6.88. The van der Waals surface area contributed by atoms with Gasteiger partial charge in [0.25, 0.3) is 0 Å². The topological polar surface area (TPSA) is 114 Å². The zero-order chi connectivity index (χ0) is 7.28. The van der Waals surface area contributed by atoms with Crippen LogP contribution in [0.15, 0.2) is 5.10 Å². The van der Waals surface area contributed by atoms with E-state index in [2.05, 4.69) is 5.10 Å². The summed E-state index contributed by atoms with van der Waals surface area (Å²) in [4.78, 5) is 9.86. The van der Waals surface area contributed by atoms with Crippen molar-refractivity contribution in [1.82, 2.24) is 5.53 Å². The van der Waals surface area contributed by atoms with Gasteiger partial charge in [-0.2, -0.15) is 5.10 Å². The van der Waals surface area contributed by atoms with E-state index < -0.39 is 5.97 Å². The van der Waals surface area contributed by atoms with Gasteiger partial charge >= 0.3 is 5.97 Å². The number of nitrogens with two attached hydrogens (primary N) is 2. The molecule has 0 radical (unpaired) electrons. The molecule has 0 aliphatic heterocycles. The zero-order valence-electron chi connectivity index (χ0n) is 4.66. The molecule has 0 amide bonds. The number of nitrogens with one attached hydrogen (secondary N) is 1. The van der Waals surface area contributed by atoms with Crippen LogP contribution >= 0.6 is 0 Å². The molecule has 0 atom stereocenters. The molecule has 0 unspecified atom stereocenters. The van der Waals surface area contributed by atoms with E-state index in [1.54, 1.807) is 0 Å². The van der Waals surface area contributed by atoms with Gasteiger partial charge in [-0.3, -0.25) is 4.79 Å². The molecule has 9 heavy (non-hydrogen) atoms. The predicted octanol–water partition coefficient (Wildman–Crippen LogP) is -1.80. The fourth-order valence-electron chi connectivity index (χ4n) is 0.277. The number of aliphatic carboxylic acids is 1. The third-order valence-electron chi connectivity index (χ3n) is 0.541. The highest BCUT2D eigenvalue weighted by Gasteiger charge is 1.98. The van der Waals surface area contributed by atoms with Crippen molar-refractivity contribution in [3.8, 4) is 0 Å². The molecule has 0 fully saturated rings. The van der Waals surface area contributed by atoms with Crippen LogP contribution in [0.5, 0.6) is 0 Å². The van der Waals surface area contributed by atoms with Gasteiger partial charge < -0.3 is 10.8 Å². The Hall–Kier alpha value is -1.30. The van der Waals surface area contributed by atoms with Gasteiger partial charge in [-0.25, -0.2) is 11.4 Å². The van der Waals surface area contributed by atoms with Crippen LogP contribution in [-0.4, -0.2) is 16.9 Å². The second-order valence-corrected chi connectivity index (χ2v) is 1.30. The number of nitrogens with zero attached hydrogens (tertiary/aromatic N) is 1. The molecule has 0 rings (SSSR count). The minimum absolute atomic E-state index is 0.0509. The highest BCUT2D eigenvalue weighted by molar-refractivity contribution is 5.95. The van der Waals surface area contributed by atoms with Gasteiger partial charge in [0.2, 0.25) is 0 Å². The molecule has 0 bridgehead atoms. The lowest BCUT2D eigenvalue weighted by atomic mass is 10.4. The van der Waals surface area contributed by atoms with E-state index in [0.717, 1.165) is 0 Å². The monoisotopic (exact) mass is 132 g/mol. The lowest BCUT2D eigenvalue weighted by Crippen LogP contribution is -2.24. The van der Waals surface area contributed by atoms with E-state index in [0.29, 0.717) is 0 Å². The summed E-state index contributed by atoms with van der Waals surface area (Å²) in [6.45, 7) is 0. The number of carboxylic acid groups (broad SMARTS) is 1. The van der Waals surface area contributed by atoms with Crippen molar-refractivity contribution in [2.24, 2.45) is 16.7 Å². The van der Waals surface area contributed by atoms with Gasteiger partial charge in [0.15, 0.2) is 0 Å². The maximum absolute atomic E-state index is 9.86. The van der Waals surface area contributed by atoms with Crippen molar-refractivity contribution >= 4 is 11.8 Å². The van der Waals surface area contributed by atoms with Crippen LogP contribution in [0.2, 0.25) is 0 Å². The fraction of sp³-hybridized carbons (Fsp3) is 0.333. The molecule has 0 aromatic heterocycles. The Kier molecular flexibility index (Phi) is 3.14. The fourth-order valence-corrected chi connectivity index (χ4v) is 0.277. The SMILES string of the molecule is NN/N=C(\N)CC(=O)O. The summed E-state index contributed by atoms with van der Waals surface area (Å²) in [5.74, 6) is 3.61. The summed E-state index contributed by atoms with van der Waals surface area (Å²) in [5, 5.41) is 11.3. The number of hydrogen-bond donors (Lipinski definition) is 4. The average molecular weight is 132 g/mol. The number of hydrogen-bond acceptors (Lipinski definition) is 4. The van der Waals surface area contributed by atoms with Gasteiger partial charge in [0.1, 0.15) is 12.3 Å². The lowest BCUT2D eigenvalue weighted by molar-refractivity contribution is -0.135. The zero-order valence-corrected chi connectivity index (χ0v) is 4.66. The second kappa shape index (κ2) is 3.67. The van der Waals surface area contributed by atoms with E-state index in [1.807, 2.05) is 5.53 Å². The number of carboxylic acids is 1. The molecule has 6 heteroatoms. The number of amidine groups is 1. The molecule has 0 aliphatic rings. The van der Waals surface area contributed by atoms with E-state index in [1.165, 1.54) is 0 Å². The van der Waals surface area contributed by atoms with Crippen molar-refractivity contribution < 1.29 is 9.90 Å². The van der Waals surface area contributed by atoms with Crippen molar-refractivity contribution in [1.29, 1.82) is 0 Å². The van der Waals surface area contributed by atoms with Crippen LogP contribution in [0.1, 0.15) is 6.42 Å². The molecule has 0 aliphatic carbocycles. The van der Waals surface area contributed by atoms with Crippen LogP contribution in [0.4, 0.5) is 0 Å². The maximum Gasteiger partial charge on any atom is 0.311 e. The van der Waals surface area contributed by atoms with E-state index in [4.69, 9.17) is 16.7 Å². The third-order valence-corrected chi connectivity index (χ3v) is 0.541. The van der Waals surface area contributed by atoms with E-state index >= 15 is 0 Å². The van der Waals surface area contributed by atoms with Crippen LogP contribution in [0.25, 0.3) is 0 Å². The smallest absolute Gasteiger partial charge is 0.311 e. The normalized spacial score (nSPS) is 11.0. The van der Waals surface area contributed by atoms with Crippen LogP contribution in [0.3, 0.4) is 0 Å². The first kappa shape index (κ1) is 7.70. The van der Waals surface area contributed by atoms with Gasteiger partial charge in [-0.15, -0.1) is 0 Å². The summed E-state index contributed by atoms with van der Waals surface area (Å²) in [7, 11) is 0. The first-order valence-corrected chi connectivity index (χ1v) is 2.16. The van der Waals surface area contributed by atoms with E-state index in [-0.39, 0.29) is 12.3 Å². The first-order chi connectivity index (χ1) is 4.16. The van der Waals surface area contributed by atoms with Crippen LogP contribution in [-0.2, 0) is 4.79 Å². The molecule has 52 valence electrons. The molecular formula is C3H8N4O2. The molecule has 0 saturated heterocycles. The summed E-state index contributed by atoms with van der Waals surface area (Å²) in [6.07, 6.45) is -0.301. The molecule has 0 heterocycles. The Morgan fingerprint density at radius 3 is 2.67 bits per heavy atom. The molecule has 0 saturated carbocycles. The highest BCUT2D eigenvalue weighted by atomic mass is 16.4. The molecule has 6 N–H and O–H groups in total. The third kappa shape index (κ3) is 4.56. The molecule has 0 aromatic rings. The van der Waals surface area contributed by atoms with Crippen molar-refractivity contribution in [2.75, 3.05) is 0 Å². The Morgan fingerprint density at radius 2 is 2.33 bits per heavy atom. The summed E-state index contributed by atoms with van der Waals surface area (Å²) in [6, 6.07) is 0. The Balaban J connectivity index is 3.62. The largest absolute Gasteiger partial charge is 0.481 e. The quantitative estimate of drug-likeness (QED) is 0.156. The van der Waals surface area contributed by atoms with Gasteiger partial charge in [-0.05, 0) is 0 Å². The molecule has 6 nitrogen and oxygen atoms in total. The van der Waals surface area contributed by atoms with E-state index in [9.17, 15) is 4.79 Å². The standard InChI is InChI=1S/C3H8N4O2/c4-2(6-7-5)1-3(8)9/h7H,1,5H2,(H2,4,6)(H,8,9). The Bertz CT molecular complexity index is 132. The van der Waals surface area contributed by atoms with Gasteiger partial charge in [0, 0.05) is 0 Å². The van der Waals surface area contributed by atoms with Crippen molar-refractivity contribution in [3.05, 3.63) is 0 Å². The Labute approximate surface area is 51.5 Å². The van der Waals surface area contributed by atoms with Crippen molar-refractivity contribution in [3.63, 3.8) is 0 Å². The molecule has 0 spiro atoms. The lowest BCUT2D eigenvalue weighted by Gasteiger charge is -1.92. The minimum atomic E-state index is -1.04. The predicted molar refractivity (Wildman–Crippen MR) is 31.2 cm³/mol. The van der Waals surface area contributed by atoms with Crippen molar-refractivity contribution in [2.45, 2.75) is 6.42 Å². The van der Waals surface area contributed by atoms with Crippen LogP contribution in [0, 0.1) is 0 Å². The number of rotatable bonds is 3. The summed E-state index contributed by atoms with van der Waals surface area (Å²) < 4.78 is 0. The minimum Gasteiger partial charge on any atom is -0.481 e. The van der Waals surface area contributed by atoms with Gasteiger partial charge in [-0.1, -0.05) is 0 Å². The average Bonchev–Trinajstić information content (AvgIpc) is 1.63. The Morgan fingerprint density at radius 1 is 1.78 bits per heavy atom. The highest BCUT2D eigenvalue weighted by Crippen LogP contribution is 1.76. The number of hydrazone groups is 1. The number of hydrazine groups is 1.